The largest absolute Gasteiger partial charge is 0.497 e. The van der Waals surface area contributed by atoms with Gasteiger partial charge in [0.15, 0.2) is 0 Å². The van der Waals surface area contributed by atoms with Crippen molar-refractivity contribution in [3.05, 3.63) is 48.0 Å². The van der Waals surface area contributed by atoms with Crippen LogP contribution >= 0.6 is 0 Å². The first-order valence-corrected chi connectivity index (χ1v) is 9.19. The van der Waals surface area contributed by atoms with Gasteiger partial charge in [-0.1, -0.05) is 0 Å². The number of benzene rings is 2. The molecule has 2 aromatic carbocycles. The number of nitrogens with zero attached hydrogens (tertiary/aromatic N) is 1. The molecule has 148 valence electrons. The fraction of sp³-hybridized carbons (Fsp3) is 0.333. The topological polar surface area (TPSA) is 79.9 Å². The molecule has 0 aromatic heterocycles. The van der Waals surface area contributed by atoms with Gasteiger partial charge in [-0.15, -0.1) is 0 Å². The second kappa shape index (κ2) is 9.12. The summed E-state index contributed by atoms with van der Waals surface area (Å²) in [6, 6.07) is 12.7. The van der Waals surface area contributed by atoms with Gasteiger partial charge in [-0.3, -0.25) is 9.59 Å². The molecule has 7 heteroatoms. The zero-order chi connectivity index (χ0) is 19.9. The van der Waals surface area contributed by atoms with Crippen LogP contribution in [0, 0.1) is 5.92 Å². The van der Waals surface area contributed by atoms with E-state index in [9.17, 15) is 9.59 Å². The highest BCUT2D eigenvalue weighted by atomic mass is 16.5. The van der Waals surface area contributed by atoms with Gasteiger partial charge in [0.05, 0.1) is 14.2 Å². The number of ether oxygens (including phenoxy) is 2. The van der Waals surface area contributed by atoms with E-state index in [1.54, 1.807) is 38.5 Å². The Kier molecular flexibility index (Phi) is 6.37. The normalized spacial score (nSPS) is 15.8. The standard InChI is InChI=1S/C21H25N3O4/c1-27-19-9-18(10-20(11-19)28-2)24-8-7-15(13-24)12-22-21(26)16-3-5-17(6-4-16)23-14-25/h3-6,9-11,14-15H,7-8,12-13H2,1-2H3,(H,22,26)(H,23,25). The van der Waals surface area contributed by atoms with Gasteiger partial charge in [-0.05, 0) is 36.6 Å². The van der Waals surface area contributed by atoms with Gasteiger partial charge >= 0.3 is 0 Å². The first kappa shape index (κ1) is 19.5. The van der Waals surface area contributed by atoms with E-state index in [0.29, 0.717) is 30.1 Å². The Balaban J connectivity index is 1.54. The average molecular weight is 383 g/mol. The molecule has 2 aromatic rings. The molecule has 1 heterocycles. The Bertz CT molecular complexity index is 801. The van der Waals surface area contributed by atoms with Crippen molar-refractivity contribution in [2.24, 2.45) is 5.92 Å². The average Bonchev–Trinajstić information content (AvgIpc) is 3.21. The molecule has 0 radical (unpaired) electrons. The van der Waals surface area contributed by atoms with E-state index in [1.807, 2.05) is 18.2 Å². The van der Waals surface area contributed by atoms with Gasteiger partial charge in [-0.2, -0.15) is 0 Å². The number of rotatable bonds is 8. The van der Waals surface area contributed by atoms with Gasteiger partial charge in [0.2, 0.25) is 6.41 Å². The Hall–Kier alpha value is -3.22. The maximum Gasteiger partial charge on any atom is 0.251 e. The van der Waals surface area contributed by atoms with E-state index >= 15 is 0 Å². The minimum absolute atomic E-state index is 0.112. The molecule has 1 aliphatic rings. The summed E-state index contributed by atoms with van der Waals surface area (Å²) in [5.74, 6) is 1.79. The molecule has 1 atom stereocenters. The maximum absolute atomic E-state index is 12.3. The van der Waals surface area contributed by atoms with Gasteiger partial charge in [-0.25, -0.2) is 0 Å². The SMILES string of the molecule is COc1cc(OC)cc(N2CCC(CNC(=O)c3ccc(NC=O)cc3)C2)c1. The molecule has 28 heavy (non-hydrogen) atoms. The third-order valence-electron chi connectivity index (χ3n) is 4.91. The Labute approximate surface area is 164 Å². The fourth-order valence-corrected chi connectivity index (χ4v) is 3.33. The number of hydrogen-bond acceptors (Lipinski definition) is 5. The molecule has 1 fully saturated rings. The third kappa shape index (κ3) is 4.73. The fourth-order valence-electron chi connectivity index (χ4n) is 3.33. The van der Waals surface area contributed by atoms with Crippen LogP contribution in [-0.4, -0.2) is 46.2 Å². The van der Waals surface area contributed by atoms with Crippen molar-refractivity contribution in [3.8, 4) is 11.5 Å². The van der Waals surface area contributed by atoms with E-state index in [0.717, 1.165) is 36.7 Å². The van der Waals surface area contributed by atoms with Crippen LogP contribution in [0.1, 0.15) is 16.8 Å². The number of amides is 2. The molecule has 1 unspecified atom stereocenters. The van der Waals surface area contributed by atoms with Crippen LogP contribution in [0.3, 0.4) is 0 Å². The molecule has 3 rings (SSSR count). The second-order valence-electron chi connectivity index (χ2n) is 6.72. The summed E-state index contributed by atoms with van der Waals surface area (Å²) in [5, 5.41) is 5.56. The quantitative estimate of drug-likeness (QED) is 0.685. The number of methoxy groups -OCH3 is 2. The van der Waals surface area contributed by atoms with Crippen LogP contribution in [0.4, 0.5) is 11.4 Å². The highest BCUT2D eigenvalue weighted by Crippen LogP contribution is 2.31. The smallest absolute Gasteiger partial charge is 0.251 e. The van der Waals surface area contributed by atoms with Crippen molar-refractivity contribution in [1.29, 1.82) is 0 Å². The lowest BCUT2D eigenvalue weighted by Gasteiger charge is -2.20. The van der Waals surface area contributed by atoms with Crippen LogP contribution in [0.5, 0.6) is 11.5 Å². The number of hydrogen-bond donors (Lipinski definition) is 2. The van der Waals surface area contributed by atoms with Gasteiger partial charge in [0.25, 0.3) is 5.91 Å². The van der Waals surface area contributed by atoms with E-state index in [-0.39, 0.29) is 5.91 Å². The lowest BCUT2D eigenvalue weighted by atomic mass is 10.1. The molecule has 0 bridgehead atoms. The maximum atomic E-state index is 12.3. The predicted molar refractivity (Wildman–Crippen MR) is 108 cm³/mol. The Morgan fingerprint density at radius 3 is 2.43 bits per heavy atom. The van der Waals surface area contributed by atoms with E-state index < -0.39 is 0 Å². The van der Waals surface area contributed by atoms with Crippen molar-refractivity contribution in [1.82, 2.24) is 5.32 Å². The zero-order valence-corrected chi connectivity index (χ0v) is 16.1. The molecule has 2 N–H and O–H groups in total. The highest BCUT2D eigenvalue weighted by molar-refractivity contribution is 5.94. The van der Waals surface area contributed by atoms with E-state index in [2.05, 4.69) is 15.5 Å². The first-order chi connectivity index (χ1) is 13.6. The minimum Gasteiger partial charge on any atom is -0.497 e. The van der Waals surface area contributed by atoms with Crippen molar-refractivity contribution in [2.75, 3.05) is 44.1 Å². The van der Waals surface area contributed by atoms with Gasteiger partial charge < -0.3 is 25.0 Å². The van der Waals surface area contributed by atoms with Crippen molar-refractivity contribution < 1.29 is 19.1 Å². The summed E-state index contributed by atoms with van der Waals surface area (Å²) in [5.41, 5.74) is 2.29. The van der Waals surface area contributed by atoms with Crippen LogP contribution in [-0.2, 0) is 4.79 Å². The van der Waals surface area contributed by atoms with Crippen molar-refractivity contribution in [2.45, 2.75) is 6.42 Å². The van der Waals surface area contributed by atoms with Gasteiger partial charge in [0, 0.05) is 54.8 Å². The predicted octanol–water partition coefficient (Wildman–Crippen LogP) is 2.53. The monoisotopic (exact) mass is 383 g/mol. The molecular formula is C21H25N3O4. The molecule has 0 spiro atoms. The Morgan fingerprint density at radius 1 is 1.14 bits per heavy atom. The molecule has 2 amide bonds. The molecule has 7 nitrogen and oxygen atoms in total. The van der Waals surface area contributed by atoms with Crippen LogP contribution in [0.2, 0.25) is 0 Å². The van der Waals surface area contributed by atoms with E-state index in [4.69, 9.17) is 9.47 Å². The summed E-state index contributed by atoms with van der Waals surface area (Å²) in [6.45, 7) is 2.40. The van der Waals surface area contributed by atoms with E-state index in [1.165, 1.54) is 0 Å². The molecule has 0 saturated carbocycles. The van der Waals surface area contributed by atoms with Crippen molar-refractivity contribution >= 4 is 23.7 Å². The number of nitrogens with one attached hydrogen (secondary N) is 2. The highest BCUT2D eigenvalue weighted by Gasteiger charge is 2.24. The number of carbonyl (C=O) groups excluding carboxylic acids is 2. The summed E-state index contributed by atoms with van der Waals surface area (Å²) >= 11 is 0. The van der Waals surface area contributed by atoms with Crippen LogP contribution in [0.25, 0.3) is 0 Å². The lowest BCUT2D eigenvalue weighted by molar-refractivity contribution is -0.105. The molecule has 0 aliphatic carbocycles. The summed E-state index contributed by atoms with van der Waals surface area (Å²) in [6.07, 6.45) is 1.61. The molecule has 1 aliphatic heterocycles. The number of carbonyl (C=O) groups is 2. The Morgan fingerprint density at radius 2 is 1.82 bits per heavy atom. The first-order valence-electron chi connectivity index (χ1n) is 9.19. The summed E-state index contributed by atoms with van der Waals surface area (Å²) in [4.78, 5) is 25.1. The van der Waals surface area contributed by atoms with Crippen LogP contribution in [0.15, 0.2) is 42.5 Å². The van der Waals surface area contributed by atoms with Crippen LogP contribution < -0.4 is 25.0 Å². The minimum atomic E-state index is -0.112. The summed E-state index contributed by atoms with van der Waals surface area (Å²) in [7, 11) is 3.28. The summed E-state index contributed by atoms with van der Waals surface area (Å²) < 4.78 is 10.7. The zero-order valence-electron chi connectivity index (χ0n) is 16.1. The lowest BCUT2D eigenvalue weighted by Crippen LogP contribution is -2.31. The van der Waals surface area contributed by atoms with Gasteiger partial charge in [0.1, 0.15) is 11.5 Å². The second-order valence-corrected chi connectivity index (χ2v) is 6.72. The number of anilines is 2. The molecule has 1 saturated heterocycles. The third-order valence-corrected chi connectivity index (χ3v) is 4.91. The molecular weight excluding hydrogens is 358 g/mol. The van der Waals surface area contributed by atoms with Crippen molar-refractivity contribution in [3.63, 3.8) is 0 Å².